The highest BCUT2D eigenvalue weighted by atomic mass is 15.3. The second-order valence-electron chi connectivity index (χ2n) is 3.41. The van der Waals surface area contributed by atoms with Gasteiger partial charge in [-0.25, -0.2) is 0 Å². The van der Waals surface area contributed by atoms with E-state index in [4.69, 9.17) is 0 Å². The third-order valence-electron chi connectivity index (χ3n) is 2.17. The topological polar surface area (TPSA) is 42.7 Å². The molecule has 0 saturated carbocycles. The summed E-state index contributed by atoms with van der Waals surface area (Å²) in [6.07, 6.45) is 5.83. The lowest BCUT2D eigenvalue weighted by molar-refractivity contribution is 0.521. The lowest BCUT2D eigenvalue weighted by Gasteiger charge is -2.11. The number of aromatic nitrogens is 3. The number of unbranched alkanes of at least 4 members (excludes halogenated alkanes) is 1. The molecule has 0 radical (unpaired) electrons. The molecule has 1 aromatic rings. The van der Waals surface area contributed by atoms with E-state index < -0.39 is 0 Å². The summed E-state index contributed by atoms with van der Waals surface area (Å²) in [5, 5.41) is 11.3. The van der Waals surface area contributed by atoms with Crippen molar-refractivity contribution in [3.8, 4) is 0 Å². The molecule has 1 unspecified atom stereocenters. The number of aryl methyl sites for hydroxylation is 1. The number of hydrogen-bond acceptors (Lipinski definition) is 3. The van der Waals surface area contributed by atoms with E-state index in [-0.39, 0.29) is 6.04 Å². The standard InChI is InChI=1S/C10H18N4/c1-4-5-6-7-11-9(2)10-13-12-8-14(10)3/h4,8-9,11H,1,5-7H2,2-3H3. The van der Waals surface area contributed by atoms with Crippen molar-refractivity contribution in [1.82, 2.24) is 20.1 Å². The van der Waals surface area contributed by atoms with Crippen LogP contribution >= 0.6 is 0 Å². The van der Waals surface area contributed by atoms with Crippen molar-refractivity contribution in [2.24, 2.45) is 7.05 Å². The molecule has 0 spiro atoms. The van der Waals surface area contributed by atoms with Gasteiger partial charge in [0.05, 0.1) is 6.04 Å². The van der Waals surface area contributed by atoms with Gasteiger partial charge in [0, 0.05) is 7.05 Å². The predicted octanol–water partition coefficient (Wildman–Crippen LogP) is 1.43. The van der Waals surface area contributed by atoms with Crippen LogP contribution in [0.15, 0.2) is 19.0 Å². The maximum Gasteiger partial charge on any atom is 0.149 e. The van der Waals surface area contributed by atoms with Crippen molar-refractivity contribution in [1.29, 1.82) is 0 Å². The van der Waals surface area contributed by atoms with Crippen LogP contribution in [0.1, 0.15) is 31.6 Å². The van der Waals surface area contributed by atoms with Crippen LogP contribution in [-0.4, -0.2) is 21.3 Å². The summed E-state index contributed by atoms with van der Waals surface area (Å²) in [5.74, 6) is 0.976. The molecule has 0 aliphatic rings. The molecule has 0 aliphatic carbocycles. The molecule has 1 aromatic heterocycles. The lowest BCUT2D eigenvalue weighted by Crippen LogP contribution is -2.22. The zero-order chi connectivity index (χ0) is 10.4. The van der Waals surface area contributed by atoms with E-state index >= 15 is 0 Å². The quantitative estimate of drug-likeness (QED) is 0.550. The molecular formula is C10H18N4. The zero-order valence-electron chi connectivity index (χ0n) is 8.90. The van der Waals surface area contributed by atoms with Gasteiger partial charge < -0.3 is 9.88 Å². The first-order valence-corrected chi connectivity index (χ1v) is 4.94. The van der Waals surface area contributed by atoms with Crippen LogP contribution in [0.5, 0.6) is 0 Å². The van der Waals surface area contributed by atoms with Gasteiger partial charge >= 0.3 is 0 Å². The number of nitrogens with zero attached hydrogens (tertiary/aromatic N) is 3. The smallest absolute Gasteiger partial charge is 0.149 e. The Morgan fingerprint density at radius 1 is 1.71 bits per heavy atom. The first-order valence-electron chi connectivity index (χ1n) is 4.94. The number of hydrogen-bond donors (Lipinski definition) is 1. The second-order valence-corrected chi connectivity index (χ2v) is 3.41. The van der Waals surface area contributed by atoms with Gasteiger partial charge in [0.25, 0.3) is 0 Å². The van der Waals surface area contributed by atoms with E-state index in [9.17, 15) is 0 Å². The first kappa shape index (κ1) is 10.9. The van der Waals surface area contributed by atoms with Crippen LogP contribution in [0.25, 0.3) is 0 Å². The summed E-state index contributed by atoms with van der Waals surface area (Å²) in [5.41, 5.74) is 0. The Labute approximate surface area is 85.0 Å². The number of allylic oxidation sites excluding steroid dienone is 1. The summed E-state index contributed by atoms with van der Waals surface area (Å²) in [7, 11) is 1.96. The summed E-state index contributed by atoms with van der Waals surface area (Å²) >= 11 is 0. The molecule has 78 valence electrons. The average molecular weight is 194 g/mol. The molecule has 1 N–H and O–H groups in total. The van der Waals surface area contributed by atoms with Crippen LogP contribution in [0, 0.1) is 0 Å². The largest absolute Gasteiger partial charge is 0.319 e. The van der Waals surface area contributed by atoms with Crippen molar-refractivity contribution in [3.63, 3.8) is 0 Å². The Bertz CT molecular complexity index is 279. The number of rotatable bonds is 6. The van der Waals surface area contributed by atoms with Crippen molar-refractivity contribution in [2.45, 2.75) is 25.8 Å². The minimum Gasteiger partial charge on any atom is -0.319 e. The molecule has 4 nitrogen and oxygen atoms in total. The molecule has 1 heterocycles. The normalized spacial score (nSPS) is 12.7. The SMILES string of the molecule is C=CCCCNC(C)c1nncn1C. The Morgan fingerprint density at radius 2 is 2.50 bits per heavy atom. The second kappa shape index (κ2) is 5.54. The van der Waals surface area contributed by atoms with Gasteiger partial charge in [-0.3, -0.25) is 0 Å². The van der Waals surface area contributed by atoms with Crippen LogP contribution in [-0.2, 0) is 7.05 Å². The molecule has 1 rings (SSSR count). The molecule has 1 atom stereocenters. The molecule has 0 bridgehead atoms. The Morgan fingerprint density at radius 3 is 3.07 bits per heavy atom. The highest BCUT2D eigenvalue weighted by Gasteiger charge is 2.09. The van der Waals surface area contributed by atoms with E-state index in [0.29, 0.717) is 0 Å². The molecule has 0 aliphatic heterocycles. The van der Waals surface area contributed by atoms with Crippen LogP contribution in [0.2, 0.25) is 0 Å². The maximum atomic E-state index is 4.04. The molecule has 14 heavy (non-hydrogen) atoms. The molecule has 4 heteroatoms. The van der Waals surface area contributed by atoms with E-state index in [0.717, 1.165) is 25.2 Å². The van der Waals surface area contributed by atoms with Crippen LogP contribution in [0.3, 0.4) is 0 Å². The fraction of sp³-hybridized carbons (Fsp3) is 0.600. The minimum absolute atomic E-state index is 0.257. The highest BCUT2D eigenvalue weighted by molar-refractivity contribution is 4.91. The van der Waals surface area contributed by atoms with Gasteiger partial charge in [-0.15, -0.1) is 16.8 Å². The number of nitrogens with one attached hydrogen (secondary N) is 1. The molecule has 0 amide bonds. The van der Waals surface area contributed by atoms with E-state index in [1.165, 1.54) is 0 Å². The van der Waals surface area contributed by atoms with Gasteiger partial charge in [-0.2, -0.15) is 0 Å². The van der Waals surface area contributed by atoms with E-state index in [2.05, 4.69) is 29.0 Å². The molecule has 0 saturated heterocycles. The highest BCUT2D eigenvalue weighted by Crippen LogP contribution is 2.06. The van der Waals surface area contributed by atoms with Crippen molar-refractivity contribution < 1.29 is 0 Å². The van der Waals surface area contributed by atoms with Crippen molar-refractivity contribution >= 4 is 0 Å². The van der Waals surface area contributed by atoms with Gasteiger partial charge in [0.1, 0.15) is 12.2 Å². The average Bonchev–Trinajstić information content (AvgIpc) is 2.59. The lowest BCUT2D eigenvalue weighted by atomic mass is 10.2. The Kier molecular flexibility index (Phi) is 4.32. The monoisotopic (exact) mass is 194 g/mol. The van der Waals surface area contributed by atoms with Crippen molar-refractivity contribution in [3.05, 3.63) is 24.8 Å². The maximum absolute atomic E-state index is 4.04. The Hall–Kier alpha value is -1.16. The molecule has 0 fully saturated rings. The third kappa shape index (κ3) is 2.96. The fourth-order valence-corrected chi connectivity index (χ4v) is 1.34. The third-order valence-corrected chi connectivity index (χ3v) is 2.17. The zero-order valence-corrected chi connectivity index (χ0v) is 8.90. The minimum atomic E-state index is 0.257. The summed E-state index contributed by atoms with van der Waals surface area (Å²) in [6, 6.07) is 0.257. The summed E-state index contributed by atoms with van der Waals surface area (Å²) in [4.78, 5) is 0. The van der Waals surface area contributed by atoms with Crippen molar-refractivity contribution in [2.75, 3.05) is 6.54 Å². The first-order chi connectivity index (χ1) is 6.75. The van der Waals surface area contributed by atoms with Crippen LogP contribution in [0.4, 0.5) is 0 Å². The fourth-order valence-electron chi connectivity index (χ4n) is 1.34. The van der Waals surface area contributed by atoms with Gasteiger partial charge in [-0.05, 0) is 26.3 Å². The molecule has 0 aromatic carbocycles. The predicted molar refractivity (Wildman–Crippen MR) is 56.9 cm³/mol. The summed E-state index contributed by atoms with van der Waals surface area (Å²) < 4.78 is 1.94. The summed E-state index contributed by atoms with van der Waals surface area (Å²) in [6.45, 7) is 6.77. The van der Waals surface area contributed by atoms with E-state index in [1.807, 2.05) is 17.7 Å². The van der Waals surface area contributed by atoms with Gasteiger partial charge in [-0.1, -0.05) is 6.08 Å². The van der Waals surface area contributed by atoms with Gasteiger partial charge in [0.15, 0.2) is 0 Å². The van der Waals surface area contributed by atoms with Crippen LogP contribution < -0.4 is 5.32 Å². The van der Waals surface area contributed by atoms with Gasteiger partial charge in [0.2, 0.25) is 0 Å². The van der Waals surface area contributed by atoms with E-state index in [1.54, 1.807) is 6.33 Å². The molecular weight excluding hydrogens is 176 g/mol. The Balaban J connectivity index is 2.32.